The van der Waals surface area contributed by atoms with Crippen LogP contribution in [0.1, 0.15) is 12.8 Å². The first kappa shape index (κ1) is 59.7. The standard InChI is InChI=1S/C24H15BrFNS.C24H16FNS.C12H7BrS.C12H10FN.C4H8O/c25-22-15-19(14-21-20-11-4-5-12-23(20)28-24(21)22)27(17-8-2-1-3-9-17)18-10-6-7-16(26)13-18;25-17-7-6-10-19(15-17)26(18-8-2-1-3-9-18)20-13-14-24-22(16-20)21-11-4-5-12-23(21)27-24;13-8-5-6-12-10(7-8)9-3-1-2-4-11(9)14-12;13-10-5-4-8-12(9-10)14-11-6-2-1-3-7-11;1-2-4-5-3-1/h1-15H;1-16H;1-7H;1-9,14H;1-4H2. The Morgan fingerprint density at radius 2 is 0.727 bits per heavy atom. The highest BCUT2D eigenvalue weighted by atomic mass is 79.9. The molecule has 4 nitrogen and oxygen atoms in total. The van der Waals surface area contributed by atoms with Crippen LogP contribution in [0.5, 0.6) is 0 Å². The van der Waals surface area contributed by atoms with Gasteiger partial charge < -0.3 is 19.9 Å². The molecule has 0 unspecified atom stereocenters. The molecule has 12 heteroatoms. The van der Waals surface area contributed by atoms with Crippen molar-refractivity contribution in [2.45, 2.75) is 12.8 Å². The number of para-hydroxylation sites is 3. The first-order valence-electron chi connectivity index (χ1n) is 28.6. The van der Waals surface area contributed by atoms with E-state index < -0.39 is 0 Å². The van der Waals surface area contributed by atoms with Crippen molar-refractivity contribution < 1.29 is 17.9 Å². The molecular weight excluding hydrogens is 1280 g/mol. The van der Waals surface area contributed by atoms with Crippen LogP contribution in [-0.2, 0) is 4.74 Å². The normalized spacial score (nSPS) is 11.7. The van der Waals surface area contributed by atoms with E-state index in [-0.39, 0.29) is 17.5 Å². The largest absolute Gasteiger partial charge is 0.381 e. The van der Waals surface area contributed by atoms with Gasteiger partial charge in [0.1, 0.15) is 17.5 Å². The summed E-state index contributed by atoms with van der Waals surface area (Å²) in [6.45, 7) is 2.00. The monoisotopic (exact) mass is 1340 g/mol. The van der Waals surface area contributed by atoms with Crippen LogP contribution in [0.15, 0.2) is 294 Å². The molecule has 12 aromatic carbocycles. The van der Waals surface area contributed by atoms with E-state index in [1.165, 1.54) is 97.6 Å². The minimum atomic E-state index is -0.250. The lowest BCUT2D eigenvalue weighted by Crippen LogP contribution is -2.10. The van der Waals surface area contributed by atoms with Crippen LogP contribution >= 0.6 is 65.9 Å². The van der Waals surface area contributed by atoms with Crippen molar-refractivity contribution in [3.05, 3.63) is 312 Å². The lowest BCUT2D eigenvalue weighted by atomic mass is 10.1. The van der Waals surface area contributed by atoms with E-state index >= 15 is 0 Å². The fraction of sp³-hybridized carbons (Fsp3) is 0.0526. The van der Waals surface area contributed by atoms with Gasteiger partial charge in [-0.3, -0.25) is 0 Å². The molecule has 1 aliphatic rings. The van der Waals surface area contributed by atoms with Gasteiger partial charge in [0.05, 0.1) is 0 Å². The van der Waals surface area contributed by atoms with E-state index in [9.17, 15) is 13.2 Å². The second-order valence-electron chi connectivity index (χ2n) is 20.5. The van der Waals surface area contributed by atoms with Gasteiger partial charge in [-0.1, -0.05) is 143 Å². The summed E-state index contributed by atoms with van der Waals surface area (Å²) < 4.78 is 55.7. The third-order valence-electron chi connectivity index (χ3n) is 14.5. The third-order valence-corrected chi connectivity index (χ3v) is 19.4. The van der Waals surface area contributed by atoms with Crippen LogP contribution in [-0.4, -0.2) is 13.2 Å². The first-order valence-corrected chi connectivity index (χ1v) is 32.7. The van der Waals surface area contributed by atoms with Crippen LogP contribution in [0.3, 0.4) is 0 Å². The first-order chi connectivity index (χ1) is 43.2. The molecule has 0 aliphatic carbocycles. The number of anilines is 8. The lowest BCUT2D eigenvalue weighted by Gasteiger charge is -2.26. The number of thiophene rings is 3. The molecule has 1 fully saturated rings. The van der Waals surface area contributed by atoms with Crippen LogP contribution in [0.25, 0.3) is 60.5 Å². The van der Waals surface area contributed by atoms with Crippen molar-refractivity contribution in [2.75, 3.05) is 28.3 Å². The lowest BCUT2D eigenvalue weighted by molar-refractivity contribution is 0.198. The summed E-state index contributed by atoms with van der Waals surface area (Å²) in [5, 5.41) is 10.7. The summed E-state index contributed by atoms with van der Waals surface area (Å²) in [5.41, 5.74) is 7.30. The highest BCUT2D eigenvalue weighted by Crippen LogP contribution is 2.45. The molecule has 0 spiro atoms. The molecular formula is C76H56Br2F3N3OS3. The minimum Gasteiger partial charge on any atom is -0.381 e. The Hall–Kier alpha value is -8.59. The highest BCUT2D eigenvalue weighted by Gasteiger charge is 2.18. The van der Waals surface area contributed by atoms with E-state index in [2.05, 4.69) is 168 Å². The number of rotatable bonds is 8. The van der Waals surface area contributed by atoms with Crippen molar-refractivity contribution in [1.29, 1.82) is 0 Å². The van der Waals surface area contributed by atoms with E-state index in [1.807, 2.05) is 121 Å². The smallest absolute Gasteiger partial charge is 0.125 e. The molecule has 3 aromatic heterocycles. The molecule has 0 atom stereocenters. The van der Waals surface area contributed by atoms with Crippen LogP contribution in [0.2, 0.25) is 0 Å². The van der Waals surface area contributed by atoms with Crippen molar-refractivity contribution >= 4 is 172 Å². The average Bonchev–Trinajstić information content (AvgIpc) is 2.19. The van der Waals surface area contributed by atoms with Gasteiger partial charge in [-0.2, -0.15) is 0 Å². The summed E-state index contributed by atoms with van der Waals surface area (Å²) >= 11 is 12.7. The number of nitrogens with one attached hydrogen (secondary N) is 1. The van der Waals surface area contributed by atoms with E-state index in [0.29, 0.717) is 0 Å². The van der Waals surface area contributed by atoms with Gasteiger partial charge in [0.25, 0.3) is 0 Å². The number of hydrogen-bond donors (Lipinski definition) is 1. The fourth-order valence-electron chi connectivity index (χ4n) is 10.5. The van der Waals surface area contributed by atoms with Crippen molar-refractivity contribution in [3.8, 4) is 0 Å². The quantitative estimate of drug-likeness (QED) is 0.164. The van der Waals surface area contributed by atoms with E-state index in [4.69, 9.17) is 4.74 Å². The predicted molar refractivity (Wildman–Crippen MR) is 379 cm³/mol. The fourth-order valence-corrected chi connectivity index (χ4v) is 14.8. The van der Waals surface area contributed by atoms with Gasteiger partial charge in [-0.25, -0.2) is 13.2 Å². The summed E-state index contributed by atoms with van der Waals surface area (Å²) in [5.74, 6) is -0.721. The second-order valence-corrected chi connectivity index (χ2v) is 25.5. The maximum Gasteiger partial charge on any atom is 0.125 e. The molecule has 0 radical (unpaired) electrons. The van der Waals surface area contributed by atoms with E-state index in [1.54, 1.807) is 53.0 Å². The Labute approximate surface area is 538 Å². The molecule has 1 aliphatic heterocycles. The van der Waals surface area contributed by atoms with Gasteiger partial charge in [-0.15, -0.1) is 34.0 Å². The number of nitrogens with zero attached hydrogens (tertiary/aromatic N) is 2. The van der Waals surface area contributed by atoms with Gasteiger partial charge in [-0.05, 0) is 186 Å². The van der Waals surface area contributed by atoms with Gasteiger partial charge in [0.2, 0.25) is 0 Å². The molecule has 4 heterocycles. The van der Waals surface area contributed by atoms with Gasteiger partial charge >= 0.3 is 0 Å². The predicted octanol–water partition coefficient (Wildman–Crippen LogP) is 25.3. The topological polar surface area (TPSA) is 27.7 Å². The zero-order valence-electron chi connectivity index (χ0n) is 47.4. The van der Waals surface area contributed by atoms with Crippen molar-refractivity contribution in [1.82, 2.24) is 0 Å². The zero-order valence-corrected chi connectivity index (χ0v) is 53.0. The number of halogens is 5. The zero-order chi connectivity index (χ0) is 60.2. The van der Waals surface area contributed by atoms with E-state index in [0.717, 1.165) is 67.7 Å². The van der Waals surface area contributed by atoms with Crippen LogP contribution in [0, 0.1) is 17.5 Å². The summed E-state index contributed by atoms with van der Waals surface area (Å²) in [6.07, 6.45) is 2.56. The number of hydrogen-bond acceptors (Lipinski definition) is 7. The Morgan fingerprint density at radius 3 is 1.26 bits per heavy atom. The Balaban J connectivity index is 0.000000116. The van der Waals surface area contributed by atoms with Crippen LogP contribution in [0.4, 0.5) is 58.7 Å². The maximum absolute atomic E-state index is 14.0. The van der Waals surface area contributed by atoms with Gasteiger partial charge in [0, 0.05) is 128 Å². The molecule has 0 amide bonds. The number of benzene rings is 12. The molecule has 16 rings (SSSR count). The SMILES string of the molecule is Brc1ccc2sc3ccccc3c2c1.C1CCOC1.Fc1cccc(N(c2ccccc2)c2cc(Br)c3sc4ccccc4c3c2)c1.Fc1cccc(N(c2ccccc2)c2ccc3sc4ccccc4c3c2)c1.Fc1cccc(Nc2ccccc2)c1. The maximum atomic E-state index is 14.0. The molecule has 1 N–H and O–H groups in total. The summed E-state index contributed by atoms with van der Waals surface area (Å²) in [7, 11) is 0. The molecule has 0 saturated carbocycles. The number of ether oxygens (including phenoxy) is 1. The Kier molecular flexibility index (Phi) is 19.3. The Morgan fingerprint density at radius 1 is 0.318 bits per heavy atom. The van der Waals surface area contributed by atoms with Gasteiger partial charge in [0.15, 0.2) is 0 Å². The Bertz CT molecular complexity index is 4800. The molecule has 1 saturated heterocycles. The van der Waals surface area contributed by atoms with Crippen molar-refractivity contribution in [2.24, 2.45) is 0 Å². The number of fused-ring (bicyclic) bond motifs is 9. The minimum absolute atomic E-state index is 0.231. The molecule has 0 bridgehead atoms. The van der Waals surface area contributed by atoms with Crippen LogP contribution < -0.4 is 15.1 Å². The summed E-state index contributed by atoms with van der Waals surface area (Å²) in [6, 6.07) is 92.3. The molecule has 88 heavy (non-hydrogen) atoms. The molecule has 15 aromatic rings. The second kappa shape index (κ2) is 28.5. The third kappa shape index (κ3) is 14.4. The average molecular weight is 1340 g/mol. The summed E-state index contributed by atoms with van der Waals surface area (Å²) in [4.78, 5) is 4.18. The van der Waals surface area contributed by atoms with Crippen molar-refractivity contribution in [3.63, 3.8) is 0 Å². The molecule has 434 valence electrons. The highest BCUT2D eigenvalue weighted by molar-refractivity contribution is 9.11.